The SMILES string of the molecule is COC(=O)N[C@H](C(=O)NN(CC[C@@](O)(Cc1ccccc1)C(=O)N[C@H]1c2ccccc2C[C@H]1O)Cc1ccc(-c2ccc3c(c2)OCO3)cc1)C(C)(C)C. The maximum atomic E-state index is 14.2. The summed E-state index contributed by atoms with van der Waals surface area (Å²) in [4.78, 5) is 40.3. The largest absolute Gasteiger partial charge is 0.454 e. The minimum atomic E-state index is -1.93. The van der Waals surface area contributed by atoms with Crippen molar-refractivity contribution in [3.63, 3.8) is 0 Å². The van der Waals surface area contributed by atoms with E-state index in [1.807, 2.05) is 118 Å². The highest BCUT2D eigenvalue weighted by Gasteiger charge is 2.41. The van der Waals surface area contributed by atoms with Crippen LogP contribution < -0.4 is 25.5 Å². The molecule has 0 fully saturated rings. The number of aliphatic hydroxyl groups is 2. The Balaban J connectivity index is 1.26. The molecule has 284 valence electrons. The molecular formula is C42H48N4O8. The van der Waals surface area contributed by atoms with Crippen molar-refractivity contribution in [3.05, 3.63) is 119 Å². The van der Waals surface area contributed by atoms with E-state index in [1.54, 1.807) is 5.01 Å². The summed E-state index contributed by atoms with van der Waals surface area (Å²) in [6.07, 6.45) is -1.30. The molecule has 4 aromatic rings. The van der Waals surface area contributed by atoms with Crippen LogP contribution in [0.3, 0.4) is 0 Å². The van der Waals surface area contributed by atoms with Crippen molar-refractivity contribution in [2.45, 2.75) is 70.4 Å². The van der Waals surface area contributed by atoms with E-state index in [0.717, 1.165) is 33.4 Å². The Morgan fingerprint density at radius 1 is 0.889 bits per heavy atom. The van der Waals surface area contributed by atoms with Gasteiger partial charge in [0.2, 0.25) is 6.79 Å². The van der Waals surface area contributed by atoms with E-state index in [2.05, 4.69) is 16.1 Å². The molecule has 0 bridgehead atoms. The average Bonchev–Trinajstić information content (AvgIpc) is 3.76. The minimum Gasteiger partial charge on any atom is -0.454 e. The van der Waals surface area contributed by atoms with Gasteiger partial charge in [0, 0.05) is 32.4 Å². The van der Waals surface area contributed by atoms with Crippen molar-refractivity contribution in [2.24, 2.45) is 5.41 Å². The fraction of sp³-hybridized carbons (Fsp3) is 0.357. The molecule has 3 amide bonds. The molecule has 1 aliphatic carbocycles. The summed E-state index contributed by atoms with van der Waals surface area (Å²) < 4.78 is 15.8. The number of methoxy groups -OCH3 is 1. The van der Waals surface area contributed by atoms with E-state index in [9.17, 15) is 24.6 Å². The number of fused-ring (bicyclic) bond motifs is 2. The van der Waals surface area contributed by atoms with Crippen molar-refractivity contribution < 1.29 is 38.8 Å². The van der Waals surface area contributed by atoms with Gasteiger partial charge in [-0.25, -0.2) is 9.80 Å². The van der Waals surface area contributed by atoms with Gasteiger partial charge in [0.1, 0.15) is 11.6 Å². The lowest BCUT2D eigenvalue weighted by Gasteiger charge is -2.35. The number of nitrogens with zero attached hydrogens (tertiary/aromatic N) is 1. The Bertz CT molecular complexity index is 1950. The molecule has 2 aliphatic rings. The standard InChI is InChI=1S/C42H48N4O8/c1-41(2,3)37(44-40(50)52-4)38(48)45-46(25-28-14-16-29(17-15-28)30-18-19-34-35(23-30)54-26-53-34)21-20-42(51,24-27-10-6-5-7-11-27)39(49)43-36-32-13-9-8-12-31(32)22-33(36)47/h5-19,23,33,36-37,47,51H,20-22,24-26H2,1-4H3,(H,43,49)(H,44,50)(H,45,48)/t33-,36+,37-,42-/m1/s1. The van der Waals surface area contributed by atoms with Gasteiger partial charge in [0.25, 0.3) is 11.8 Å². The maximum Gasteiger partial charge on any atom is 0.407 e. The fourth-order valence-electron chi connectivity index (χ4n) is 6.91. The molecule has 0 spiro atoms. The van der Waals surface area contributed by atoms with Crippen LogP contribution in [-0.2, 0) is 33.7 Å². The highest BCUT2D eigenvalue weighted by atomic mass is 16.7. The van der Waals surface area contributed by atoms with Crippen LogP contribution in [0.5, 0.6) is 11.5 Å². The normalized spacial score (nSPS) is 17.6. The lowest BCUT2D eigenvalue weighted by atomic mass is 9.86. The molecule has 54 heavy (non-hydrogen) atoms. The number of alkyl carbamates (subject to hydrolysis) is 1. The zero-order valence-electron chi connectivity index (χ0n) is 31.0. The lowest BCUT2D eigenvalue weighted by Crippen LogP contribution is -2.58. The molecule has 0 saturated heterocycles. The number of carbonyl (C=O) groups excluding carboxylic acids is 3. The van der Waals surface area contributed by atoms with Crippen LogP contribution in [0.4, 0.5) is 4.79 Å². The van der Waals surface area contributed by atoms with Gasteiger partial charge in [-0.1, -0.05) is 106 Å². The summed E-state index contributed by atoms with van der Waals surface area (Å²) in [5.41, 5.74) is 5.57. The van der Waals surface area contributed by atoms with Crippen LogP contribution in [-0.4, -0.2) is 71.3 Å². The molecule has 0 aromatic heterocycles. The van der Waals surface area contributed by atoms with Gasteiger partial charge in [0.05, 0.1) is 19.3 Å². The van der Waals surface area contributed by atoms with Gasteiger partial charge in [-0.2, -0.15) is 0 Å². The molecule has 4 aromatic carbocycles. The van der Waals surface area contributed by atoms with Crippen LogP contribution >= 0.6 is 0 Å². The molecule has 0 unspecified atom stereocenters. The average molecular weight is 737 g/mol. The minimum absolute atomic E-state index is 0.00926. The zero-order chi connectivity index (χ0) is 38.5. The molecule has 0 radical (unpaired) electrons. The molecule has 12 nitrogen and oxygen atoms in total. The number of rotatable bonds is 13. The molecule has 1 aliphatic heterocycles. The monoisotopic (exact) mass is 736 g/mol. The first-order valence-corrected chi connectivity index (χ1v) is 18.0. The number of benzene rings is 4. The van der Waals surface area contributed by atoms with Gasteiger partial charge < -0.3 is 35.1 Å². The summed E-state index contributed by atoms with van der Waals surface area (Å²) in [7, 11) is 1.23. The van der Waals surface area contributed by atoms with Crippen LogP contribution in [0.25, 0.3) is 11.1 Å². The topological polar surface area (TPSA) is 159 Å². The molecule has 4 atom stereocenters. The molecular weight excluding hydrogens is 688 g/mol. The smallest absolute Gasteiger partial charge is 0.407 e. The molecule has 12 heteroatoms. The second-order valence-corrected chi connectivity index (χ2v) is 15.0. The van der Waals surface area contributed by atoms with E-state index in [4.69, 9.17) is 14.2 Å². The fourth-order valence-corrected chi connectivity index (χ4v) is 6.91. The quantitative estimate of drug-likeness (QED) is 0.121. The number of ether oxygens (including phenoxy) is 3. The molecule has 5 N–H and O–H groups in total. The number of aliphatic hydroxyl groups excluding tert-OH is 1. The summed E-state index contributed by atoms with van der Waals surface area (Å²) >= 11 is 0. The third-order valence-electron chi connectivity index (χ3n) is 9.93. The number of hydrazine groups is 1. The summed E-state index contributed by atoms with van der Waals surface area (Å²) in [5, 5.41) is 30.4. The highest BCUT2D eigenvalue weighted by molar-refractivity contribution is 5.87. The summed E-state index contributed by atoms with van der Waals surface area (Å²) in [5.74, 6) is 0.248. The van der Waals surface area contributed by atoms with E-state index in [0.29, 0.717) is 17.9 Å². The second kappa shape index (κ2) is 16.3. The summed E-state index contributed by atoms with van der Waals surface area (Å²) in [6, 6.07) is 28.6. The van der Waals surface area contributed by atoms with Gasteiger partial charge in [-0.05, 0) is 50.9 Å². The van der Waals surface area contributed by atoms with Gasteiger partial charge in [-0.15, -0.1) is 0 Å². The first-order valence-electron chi connectivity index (χ1n) is 18.0. The van der Waals surface area contributed by atoms with Crippen molar-refractivity contribution in [3.8, 4) is 22.6 Å². The van der Waals surface area contributed by atoms with Crippen LogP contribution in [0.1, 0.15) is 55.5 Å². The van der Waals surface area contributed by atoms with E-state index < -0.39 is 47.1 Å². The third kappa shape index (κ3) is 9.02. The first-order chi connectivity index (χ1) is 25.8. The molecule has 1 heterocycles. The first kappa shape index (κ1) is 38.3. The summed E-state index contributed by atoms with van der Waals surface area (Å²) in [6.45, 7) is 5.91. The zero-order valence-corrected chi connectivity index (χ0v) is 31.0. The van der Waals surface area contributed by atoms with Crippen molar-refractivity contribution in [1.29, 1.82) is 0 Å². The van der Waals surface area contributed by atoms with E-state index in [-0.39, 0.29) is 32.7 Å². The Hall–Kier alpha value is -5.43. The molecule has 0 saturated carbocycles. The van der Waals surface area contributed by atoms with Gasteiger partial charge in [0.15, 0.2) is 11.5 Å². The highest BCUT2D eigenvalue weighted by Crippen LogP contribution is 2.36. The number of carbonyl (C=O) groups is 3. The van der Waals surface area contributed by atoms with Crippen LogP contribution in [0.2, 0.25) is 0 Å². The Morgan fingerprint density at radius 2 is 1.57 bits per heavy atom. The van der Waals surface area contributed by atoms with E-state index >= 15 is 0 Å². The van der Waals surface area contributed by atoms with Crippen molar-refractivity contribution >= 4 is 17.9 Å². The van der Waals surface area contributed by atoms with Crippen LogP contribution in [0, 0.1) is 5.41 Å². The number of amides is 3. The van der Waals surface area contributed by atoms with Gasteiger partial charge >= 0.3 is 6.09 Å². The van der Waals surface area contributed by atoms with E-state index in [1.165, 1.54) is 7.11 Å². The second-order valence-electron chi connectivity index (χ2n) is 15.0. The lowest BCUT2D eigenvalue weighted by molar-refractivity contribution is -0.143. The van der Waals surface area contributed by atoms with Crippen molar-refractivity contribution in [2.75, 3.05) is 20.4 Å². The molecule has 6 rings (SSSR count). The number of hydrogen-bond donors (Lipinski definition) is 5. The van der Waals surface area contributed by atoms with Crippen molar-refractivity contribution in [1.82, 2.24) is 21.1 Å². The predicted octanol–water partition coefficient (Wildman–Crippen LogP) is 4.82. The third-order valence-corrected chi connectivity index (χ3v) is 9.93. The Morgan fingerprint density at radius 3 is 2.30 bits per heavy atom. The predicted molar refractivity (Wildman–Crippen MR) is 202 cm³/mol. The maximum absolute atomic E-state index is 14.2. The number of nitrogens with one attached hydrogen (secondary N) is 3. The number of hydrogen-bond acceptors (Lipinski definition) is 9. The van der Waals surface area contributed by atoms with Gasteiger partial charge in [-0.3, -0.25) is 15.0 Å². The van der Waals surface area contributed by atoms with Crippen LogP contribution in [0.15, 0.2) is 97.1 Å². The Kier molecular flexibility index (Phi) is 11.6. The Labute approximate surface area is 315 Å².